The number of nitrogens with two attached hydrogens (primary N) is 1. The summed E-state index contributed by atoms with van der Waals surface area (Å²) in [5.41, 5.74) is 5.89. The first-order valence-electron chi connectivity index (χ1n) is 5.35. The summed E-state index contributed by atoms with van der Waals surface area (Å²) in [7, 11) is -1.03. The van der Waals surface area contributed by atoms with Crippen molar-refractivity contribution >= 4 is 15.7 Å². The van der Waals surface area contributed by atoms with E-state index in [1.54, 1.807) is 6.92 Å². The van der Waals surface area contributed by atoms with Crippen LogP contribution in [-0.4, -0.2) is 28.7 Å². The van der Waals surface area contributed by atoms with Gasteiger partial charge in [0, 0.05) is 6.07 Å². The SMILES string of the molecule is C#CC(C)NS(=O)(=O)c1cc(N)c(OC)cc1OC. The van der Waals surface area contributed by atoms with Gasteiger partial charge < -0.3 is 15.2 Å². The van der Waals surface area contributed by atoms with Crippen molar-refractivity contribution in [1.82, 2.24) is 4.72 Å². The predicted octanol–water partition coefficient (Wildman–Crippen LogP) is 0.586. The number of anilines is 1. The van der Waals surface area contributed by atoms with Crippen LogP contribution in [-0.2, 0) is 10.0 Å². The summed E-state index contributed by atoms with van der Waals surface area (Å²) in [6, 6.07) is 2.03. The van der Waals surface area contributed by atoms with Gasteiger partial charge in [-0.2, -0.15) is 4.72 Å². The average molecular weight is 284 g/mol. The molecule has 0 amide bonds. The summed E-state index contributed by atoms with van der Waals surface area (Å²) >= 11 is 0. The number of methoxy groups -OCH3 is 2. The van der Waals surface area contributed by atoms with Crippen LogP contribution in [0.25, 0.3) is 0 Å². The number of sulfonamides is 1. The van der Waals surface area contributed by atoms with Crippen LogP contribution in [0.4, 0.5) is 5.69 Å². The van der Waals surface area contributed by atoms with Crippen molar-refractivity contribution < 1.29 is 17.9 Å². The molecule has 0 aromatic heterocycles. The largest absolute Gasteiger partial charge is 0.495 e. The van der Waals surface area contributed by atoms with Crippen LogP contribution >= 0.6 is 0 Å². The van der Waals surface area contributed by atoms with Crippen LogP contribution in [0.3, 0.4) is 0 Å². The van der Waals surface area contributed by atoms with Gasteiger partial charge in [-0.1, -0.05) is 5.92 Å². The number of benzene rings is 1. The fourth-order valence-electron chi connectivity index (χ4n) is 1.43. The average Bonchev–Trinajstić information content (AvgIpc) is 2.37. The van der Waals surface area contributed by atoms with E-state index in [1.807, 2.05) is 0 Å². The second kappa shape index (κ2) is 5.82. The van der Waals surface area contributed by atoms with Crippen molar-refractivity contribution in [1.29, 1.82) is 0 Å². The third-order valence-corrected chi connectivity index (χ3v) is 3.95. The number of hydrogen-bond acceptors (Lipinski definition) is 5. The van der Waals surface area contributed by atoms with Gasteiger partial charge in [0.2, 0.25) is 10.0 Å². The molecule has 0 aliphatic heterocycles. The molecule has 1 aromatic rings. The molecule has 0 fully saturated rings. The van der Waals surface area contributed by atoms with Gasteiger partial charge in [0.15, 0.2) is 0 Å². The molecule has 3 N–H and O–H groups in total. The van der Waals surface area contributed by atoms with Gasteiger partial charge >= 0.3 is 0 Å². The Labute approximate surface area is 112 Å². The maximum atomic E-state index is 12.2. The highest BCUT2D eigenvalue weighted by Crippen LogP contribution is 2.33. The third kappa shape index (κ3) is 3.30. The third-order valence-electron chi connectivity index (χ3n) is 2.39. The van der Waals surface area contributed by atoms with Gasteiger partial charge in [0.1, 0.15) is 16.4 Å². The number of hydrogen-bond donors (Lipinski definition) is 2. The van der Waals surface area contributed by atoms with Crippen LogP contribution in [0.15, 0.2) is 17.0 Å². The highest BCUT2D eigenvalue weighted by atomic mass is 32.2. The maximum Gasteiger partial charge on any atom is 0.245 e. The van der Waals surface area contributed by atoms with E-state index in [0.29, 0.717) is 5.75 Å². The maximum absolute atomic E-state index is 12.2. The van der Waals surface area contributed by atoms with E-state index >= 15 is 0 Å². The Bertz CT molecular complexity index is 605. The fraction of sp³-hybridized carbons (Fsp3) is 0.333. The number of ether oxygens (including phenoxy) is 2. The molecule has 0 spiro atoms. The molecule has 7 heteroatoms. The zero-order chi connectivity index (χ0) is 14.6. The quantitative estimate of drug-likeness (QED) is 0.610. The molecule has 0 saturated carbocycles. The Morgan fingerprint density at radius 3 is 2.37 bits per heavy atom. The zero-order valence-corrected chi connectivity index (χ0v) is 11.7. The Morgan fingerprint density at radius 2 is 1.89 bits per heavy atom. The molecule has 0 heterocycles. The molecule has 19 heavy (non-hydrogen) atoms. The molecule has 6 nitrogen and oxygen atoms in total. The standard InChI is InChI=1S/C12H16N2O4S/c1-5-8(2)14-19(15,16)12-6-9(13)10(17-3)7-11(12)18-4/h1,6-8,14H,13H2,2-4H3. The van der Waals surface area contributed by atoms with Crippen molar-refractivity contribution in [3.63, 3.8) is 0 Å². The molecule has 0 saturated heterocycles. The summed E-state index contributed by atoms with van der Waals surface area (Å²) in [5, 5.41) is 0. The normalized spacial score (nSPS) is 12.5. The van der Waals surface area contributed by atoms with Gasteiger partial charge in [0.05, 0.1) is 25.9 Å². The number of terminal acetylenes is 1. The molecule has 1 unspecified atom stereocenters. The highest BCUT2D eigenvalue weighted by Gasteiger charge is 2.23. The van der Waals surface area contributed by atoms with E-state index in [2.05, 4.69) is 10.6 Å². The summed E-state index contributed by atoms with van der Waals surface area (Å²) < 4.78 is 36.7. The Morgan fingerprint density at radius 1 is 1.32 bits per heavy atom. The van der Waals surface area contributed by atoms with E-state index in [1.165, 1.54) is 26.4 Å². The summed E-state index contributed by atoms with van der Waals surface area (Å²) in [5.74, 6) is 2.74. The van der Waals surface area contributed by atoms with E-state index in [-0.39, 0.29) is 16.3 Å². The second-order valence-electron chi connectivity index (χ2n) is 3.75. The van der Waals surface area contributed by atoms with E-state index in [0.717, 1.165) is 0 Å². The molecule has 104 valence electrons. The molecular weight excluding hydrogens is 268 g/mol. The summed E-state index contributed by atoms with van der Waals surface area (Å²) in [6.07, 6.45) is 5.15. The lowest BCUT2D eigenvalue weighted by molar-refractivity contribution is 0.387. The van der Waals surface area contributed by atoms with Gasteiger partial charge in [-0.05, 0) is 13.0 Å². The Kier molecular flexibility index (Phi) is 4.64. The van der Waals surface area contributed by atoms with Crippen molar-refractivity contribution in [2.24, 2.45) is 0 Å². The topological polar surface area (TPSA) is 90.7 Å². The minimum Gasteiger partial charge on any atom is -0.495 e. The summed E-state index contributed by atoms with van der Waals surface area (Å²) in [4.78, 5) is -0.0876. The Hall–Kier alpha value is -1.91. The molecular formula is C12H16N2O4S. The van der Waals surface area contributed by atoms with Crippen molar-refractivity contribution in [3.8, 4) is 23.8 Å². The van der Waals surface area contributed by atoms with Gasteiger partial charge in [-0.3, -0.25) is 0 Å². The molecule has 0 aliphatic carbocycles. The van der Waals surface area contributed by atoms with Crippen LogP contribution in [0.5, 0.6) is 11.5 Å². The Balaban J connectivity index is 3.34. The highest BCUT2D eigenvalue weighted by molar-refractivity contribution is 7.89. The molecule has 1 aromatic carbocycles. The smallest absolute Gasteiger partial charge is 0.245 e. The predicted molar refractivity (Wildman–Crippen MR) is 72.6 cm³/mol. The first kappa shape index (κ1) is 15.1. The lowest BCUT2D eigenvalue weighted by Gasteiger charge is -2.14. The number of nitrogen functional groups attached to an aromatic ring is 1. The van der Waals surface area contributed by atoms with Crippen LogP contribution in [0.2, 0.25) is 0 Å². The molecule has 0 bridgehead atoms. The van der Waals surface area contributed by atoms with Crippen molar-refractivity contribution in [2.75, 3.05) is 20.0 Å². The molecule has 0 radical (unpaired) electrons. The summed E-state index contributed by atoms with van der Waals surface area (Å²) in [6.45, 7) is 1.55. The van der Waals surface area contributed by atoms with Gasteiger partial charge in [0.25, 0.3) is 0 Å². The first-order chi connectivity index (χ1) is 8.85. The van der Waals surface area contributed by atoms with Crippen LogP contribution in [0, 0.1) is 12.3 Å². The zero-order valence-electron chi connectivity index (χ0n) is 10.9. The van der Waals surface area contributed by atoms with E-state index in [9.17, 15) is 8.42 Å². The number of rotatable bonds is 5. The van der Waals surface area contributed by atoms with Gasteiger partial charge in [-0.15, -0.1) is 6.42 Å². The fourth-order valence-corrected chi connectivity index (χ4v) is 2.78. The lowest BCUT2D eigenvalue weighted by Crippen LogP contribution is -2.31. The molecule has 1 atom stereocenters. The van der Waals surface area contributed by atoms with E-state index < -0.39 is 16.1 Å². The number of nitrogens with one attached hydrogen (secondary N) is 1. The lowest BCUT2D eigenvalue weighted by atomic mass is 10.3. The first-order valence-corrected chi connectivity index (χ1v) is 6.84. The van der Waals surface area contributed by atoms with Crippen molar-refractivity contribution in [2.45, 2.75) is 17.9 Å². The molecule has 0 aliphatic rings. The van der Waals surface area contributed by atoms with Crippen LogP contribution in [0.1, 0.15) is 6.92 Å². The van der Waals surface area contributed by atoms with E-state index in [4.69, 9.17) is 21.6 Å². The second-order valence-corrected chi connectivity index (χ2v) is 5.44. The van der Waals surface area contributed by atoms with Crippen molar-refractivity contribution in [3.05, 3.63) is 12.1 Å². The minimum atomic E-state index is -3.81. The minimum absolute atomic E-state index is 0.0876. The molecule has 1 rings (SSSR count). The van der Waals surface area contributed by atoms with Crippen LogP contribution < -0.4 is 19.9 Å². The monoisotopic (exact) mass is 284 g/mol. The van der Waals surface area contributed by atoms with Gasteiger partial charge in [-0.25, -0.2) is 8.42 Å².